The van der Waals surface area contributed by atoms with Crippen LogP contribution in [0.5, 0.6) is 11.5 Å². The van der Waals surface area contributed by atoms with Crippen LogP contribution in [-0.2, 0) is 4.79 Å². The molecule has 2 rings (SSSR count). The lowest BCUT2D eigenvalue weighted by molar-refractivity contribution is -0.138. The van der Waals surface area contributed by atoms with E-state index in [0.717, 1.165) is 0 Å². The van der Waals surface area contributed by atoms with Crippen LogP contribution < -0.4 is 14.8 Å². The quantitative estimate of drug-likeness (QED) is 0.845. The fourth-order valence-electron chi connectivity index (χ4n) is 1.88. The second kappa shape index (κ2) is 6.67. The molecule has 1 aliphatic rings. The molecule has 120 valence electrons. The average molecular weight is 317 g/mol. The first-order valence-corrected chi connectivity index (χ1v) is 6.61. The van der Waals surface area contributed by atoms with Gasteiger partial charge in [0, 0.05) is 18.4 Å². The third kappa shape index (κ3) is 4.64. The predicted octanol–water partition coefficient (Wildman–Crippen LogP) is 2.10. The van der Waals surface area contributed by atoms with Crippen LogP contribution in [0.1, 0.15) is 23.2 Å². The lowest BCUT2D eigenvalue weighted by Crippen LogP contribution is -2.33. The second-order valence-electron chi connectivity index (χ2n) is 4.67. The first-order chi connectivity index (χ1) is 10.3. The van der Waals surface area contributed by atoms with E-state index in [2.05, 4.69) is 0 Å². The number of fused-ring (bicyclic) bond motifs is 1. The van der Waals surface area contributed by atoms with Crippen LogP contribution in [0.25, 0.3) is 0 Å². The van der Waals surface area contributed by atoms with E-state index < -0.39 is 18.6 Å². The number of carbonyl (C=O) groups excluding carboxylic acids is 2. The molecule has 1 N–H and O–H groups in total. The van der Waals surface area contributed by atoms with Gasteiger partial charge in [-0.05, 0) is 18.2 Å². The number of ketones is 1. The van der Waals surface area contributed by atoms with E-state index in [-0.39, 0.29) is 18.6 Å². The van der Waals surface area contributed by atoms with Crippen LogP contribution in [-0.4, -0.2) is 37.6 Å². The molecule has 0 spiro atoms. The van der Waals surface area contributed by atoms with Gasteiger partial charge in [-0.15, -0.1) is 0 Å². The fourth-order valence-corrected chi connectivity index (χ4v) is 1.88. The smallest absolute Gasteiger partial charge is 0.405 e. The Morgan fingerprint density at radius 1 is 1.09 bits per heavy atom. The SMILES string of the molecule is O=C(CCC(=O)c1ccc2c(c1)OCCO2)NCC(F)(F)F. The molecule has 0 saturated heterocycles. The number of alkyl halides is 3. The first-order valence-electron chi connectivity index (χ1n) is 6.61. The highest BCUT2D eigenvalue weighted by Gasteiger charge is 2.27. The lowest BCUT2D eigenvalue weighted by Gasteiger charge is -2.18. The summed E-state index contributed by atoms with van der Waals surface area (Å²) >= 11 is 0. The fraction of sp³-hybridized carbons (Fsp3) is 0.429. The topological polar surface area (TPSA) is 64.6 Å². The van der Waals surface area contributed by atoms with Gasteiger partial charge in [0.1, 0.15) is 19.8 Å². The summed E-state index contributed by atoms with van der Waals surface area (Å²) in [4.78, 5) is 23.2. The Hall–Kier alpha value is -2.25. The number of benzene rings is 1. The van der Waals surface area contributed by atoms with Crippen molar-refractivity contribution >= 4 is 11.7 Å². The monoisotopic (exact) mass is 317 g/mol. The molecule has 1 aromatic carbocycles. The number of halogens is 3. The van der Waals surface area contributed by atoms with Crippen LogP contribution >= 0.6 is 0 Å². The number of hydrogen-bond acceptors (Lipinski definition) is 4. The largest absolute Gasteiger partial charge is 0.486 e. The minimum atomic E-state index is -4.46. The van der Waals surface area contributed by atoms with Crippen molar-refractivity contribution in [1.29, 1.82) is 0 Å². The molecule has 0 fully saturated rings. The molecule has 8 heteroatoms. The third-order valence-electron chi connectivity index (χ3n) is 2.93. The van der Waals surface area contributed by atoms with Crippen LogP contribution in [0.3, 0.4) is 0 Å². The third-order valence-corrected chi connectivity index (χ3v) is 2.93. The van der Waals surface area contributed by atoms with Gasteiger partial charge in [-0.3, -0.25) is 9.59 Å². The van der Waals surface area contributed by atoms with Crippen LogP contribution in [0.2, 0.25) is 0 Å². The van der Waals surface area contributed by atoms with Gasteiger partial charge in [-0.2, -0.15) is 13.2 Å². The molecular weight excluding hydrogens is 303 g/mol. The van der Waals surface area contributed by atoms with Crippen molar-refractivity contribution in [2.24, 2.45) is 0 Å². The molecule has 5 nitrogen and oxygen atoms in total. The summed E-state index contributed by atoms with van der Waals surface area (Å²) < 4.78 is 46.4. The summed E-state index contributed by atoms with van der Waals surface area (Å²) in [5, 5.41) is 1.72. The summed E-state index contributed by atoms with van der Waals surface area (Å²) in [5.74, 6) is -0.188. The number of rotatable bonds is 5. The van der Waals surface area contributed by atoms with Crippen molar-refractivity contribution in [3.63, 3.8) is 0 Å². The van der Waals surface area contributed by atoms with Crippen LogP contribution in [0.4, 0.5) is 13.2 Å². The van der Waals surface area contributed by atoms with E-state index in [9.17, 15) is 22.8 Å². The van der Waals surface area contributed by atoms with Gasteiger partial charge in [0.05, 0.1) is 0 Å². The zero-order chi connectivity index (χ0) is 16.2. The van der Waals surface area contributed by atoms with Gasteiger partial charge in [-0.25, -0.2) is 0 Å². The van der Waals surface area contributed by atoms with Crippen LogP contribution in [0.15, 0.2) is 18.2 Å². The van der Waals surface area contributed by atoms with Crippen molar-refractivity contribution < 1.29 is 32.2 Å². The zero-order valence-corrected chi connectivity index (χ0v) is 11.5. The number of ether oxygens (including phenoxy) is 2. The number of nitrogens with one attached hydrogen (secondary N) is 1. The molecule has 1 amide bonds. The summed E-state index contributed by atoms with van der Waals surface area (Å²) in [5.41, 5.74) is 0.327. The Kier molecular flexibility index (Phi) is 4.89. The van der Waals surface area contributed by atoms with Gasteiger partial charge in [-0.1, -0.05) is 0 Å². The second-order valence-corrected chi connectivity index (χ2v) is 4.67. The van der Waals surface area contributed by atoms with Gasteiger partial charge in [0.15, 0.2) is 17.3 Å². The summed E-state index contributed by atoms with van der Waals surface area (Å²) in [7, 11) is 0. The van der Waals surface area contributed by atoms with Gasteiger partial charge in [0.25, 0.3) is 0 Å². The zero-order valence-electron chi connectivity index (χ0n) is 11.5. The van der Waals surface area contributed by atoms with E-state index in [1.54, 1.807) is 11.4 Å². The van der Waals surface area contributed by atoms with Crippen molar-refractivity contribution in [1.82, 2.24) is 5.32 Å². The molecule has 0 unspecified atom stereocenters. The number of hydrogen-bond donors (Lipinski definition) is 1. The molecule has 0 saturated carbocycles. The van der Waals surface area contributed by atoms with Crippen molar-refractivity contribution in [3.8, 4) is 11.5 Å². The normalized spacial score (nSPS) is 13.6. The van der Waals surface area contributed by atoms with Crippen LogP contribution in [0, 0.1) is 0 Å². The predicted molar refractivity (Wildman–Crippen MR) is 70.1 cm³/mol. The highest BCUT2D eigenvalue weighted by molar-refractivity contribution is 5.98. The Labute approximate surface area is 124 Å². The van der Waals surface area contributed by atoms with Gasteiger partial charge < -0.3 is 14.8 Å². The van der Waals surface area contributed by atoms with E-state index in [0.29, 0.717) is 30.3 Å². The lowest BCUT2D eigenvalue weighted by atomic mass is 10.1. The minimum absolute atomic E-state index is 0.177. The summed E-state index contributed by atoms with van der Waals surface area (Å²) in [6.45, 7) is -0.589. The molecule has 1 aromatic rings. The van der Waals surface area contributed by atoms with E-state index in [1.165, 1.54) is 12.1 Å². The maximum absolute atomic E-state index is 11.9. The summed E-state index contributed by atoms with van der Waals surface area (Å²) in [6.07, 6.45) is -4.94. The van der Waals surface area contributed by atoms with Gasteiger partial charge in [0.2, 0.25) is 5.91 Å². The van der Waals surface area contributed by atoms with Gasteiger partial charge >= 0.3 is 6.18 Å². The maximum atomic E-state index is 11.9. The standard InChI is InChI=1S/C14H14F3NO4/c15-14(16,17)8-18-13(20)4-2-10(19)9-1-3-11-12(7-9)22-6-5-21-11/h1,3,7H,2,4-6,8H2,(H,18,20). The first kappa shape index (κ1) is 16.1. The van der Waals surface area contributed by atoms with E-state index in [1.807, 2.05) is 0 Å². The summed E-state index contributed by atoms with van der Waals surface area (Å²) in [6, 6.07) is 4.62. The number of carbonyl (C=O) groups is 2. The minimum Gasteiger partial charge on any atom is -0.486 e. The molecule has 0 aliphatic carbocycles. The molecular formula is C14H14F3NO4. The Bertz CT molecular complexity index is 572. The molecule has 0 radical (unpaired) electrons. The highest BCUT2D eigenvalue weighted by atomic mass is 19.4. The van der Waals surface area contributed by atoms with E-state index >= 15 is 0 Å². The molecule has 0 aromatic heterocycles. The van der Waals surface area contributed by atoms with Crippen molar-refractivity contribution in [2.45, 2.75) is 19.0 Å². The average Bonchev–Trinajstić information content (AvgIpc) is 2.49. The van der Waals surface area contributed by atoms with Crippen molar-refractivity contribution in [3.05, 3.63) is 23.8 Å². The van der Waals surface area contributed by atoms with E-state index in [4.69, 9.17) is 9.47 Å². The highest BCUT2D eigenvalue weighted by Crippen LogP contribution is 2.31. The Morgan fingerprint density at radius 2 is 1.77 bits per heavy atom. The molecule has 0 bridgehead atoms. The Morgan fingerprint density at radius 3 is 2.45 bits per heavy atom. The van der Waals surface area contributed by atoms with Crippen molar-refractivity contribution in [2.75, 3.05) is 19.8 Å². The Balaban J connectivity index is 1.86. The number of Topliss-reactive ketones (excluding diaryl/α,β-unsaturated/α-hetero) is 1. The molecule has 1 aliphatic heterocycles. The number of amides is 1. The molecule has 22 heavy (non-hydrogen) atoms. The maximum Gasteiger partial charge on any atom is 0.405 e. The molecule has 1 heterocycles. The molecule has 0 atom stereocenters.